The van der Waals surface area contributed by atoms with Crippen LogP contribution in [0.4, 0.5) is 0 Å². The second-order valence-corrected chi connectivity index (χ2v) is 7.17. The number of aliphatic imine (C=N–C) groups is 1. The van der Waals surface area contributed by atoms with Gasteiger partial charge in [0.2, 0.25) is 0 Å². The molecule has 154 valence electrons. The average molecular weight is 371 g/mol. The number of hydrogen-bond donors (Lipinski definition) is 2. The number of nitrogens with zero attached hydrogens (tertiary/aromatic N) is 2. The maximum Gasteiger partial charge on any atom is 0.305 e. The largest absolute Gasteiger partial charge is 0.466 e. The number of carbonyl (C=O) groups excluding carboxylic acids is 1. The quantitative estimate of drug-likeness (QED) is 0.213. The summed E-state index contributed by atoms with van der Waals surface area (Å²) < 4.78 is 4.92. The van der Waals surface area contributed by atoms with Crippen molar-refractivity contribution in [3.63, 3.8) is 0 Å². The predicted octanol–water partition coefficient (Wildman–Crippen LogP) is 3.17. The van der Waals surface area contributed by atoms with Gasteiger partial charge in [0.05, 0.1) is 6.61 Å². The molecule has 0 radical (unpaired) electrons. The van der Waals surface area contributed by atoms with Gasteiger partial charge < -0.3 is 15.4 Å². The van der Waals surface area contributed by atoms with E-state index in [9.17, 15) is 4.79 Å². The third kappa shape index (κ3) is 13.0. The lowest BCUT2D eigenvalue weighted by Crippen LogP contribution is -2.41. The maximum atomic E-state index is 11.2. The van der Waals surface area contributed by atoms with E-state index in [1.54, 1.807) is 0 Å². The fourth-order valence-electron chi connectivity index (χ4n) is 2.99. The lowest BCUT2D eigenvalue weighted by atomic mass is 10.1. The van der Waals surface area contributed by atoms with Gasteiger partial charge in [-0.05, 0) is 53.9 Å². The van der Waals surface area contributed by atoms with Gasteiger partial charge in [0, 0.05) is 45.2 Å². The Bertz CT molecular complexity index is 376. The average Bonchev–Trinajstić information content (AvgIpc) is 2.58. The van der Waals surface area contributed by atoms with Crippen LogP contribution in [0.3, 0.4) is 0 Å². The van der Waals surface area contributed by atoms with Crippen molar-refractivity contribution >= 4 is 11.9 Å². The Hall–Kier alpha value is -1.30. The maximum absolute atomic E-state index is 11.2. The standard InChI is InChI=1S/C20H42N4O2/c1-7-26-19(25)13-10-8-9-11-14-22-20(21-6)23-15-12-16-24(17(2)3)18(4)5/h17-18H,7-16H2,1-6H3,(H2,21,22,23). The van der Waals surface area contributed by atoms with E-state index in [0.29, 0.717) is 25.1 Å². The van der Waals surface area contributed by atoms with Crippen molar-refractivity contribution in [2.75, 3.05) is 33.3 Å². The summed E-state index contributed by atoms with van der Waals surface area (Å²) in [5.74, 6) is 0.792. The first-order chi connectivity index (χ1) is 12.4. The lowest BCUT2D eigenvalue weighted by Gasteiger charge is -2.30. The Labute approximate surface area is 161 Å². The van der Waals surface area contributed by atoms with E-state index in [4.69, 9.17) is 4.74 Å². The smallest absolute Gasteiger partial charge is 0.305 e. The van der Waals surface area contributed by atoms with Crippen molar-refractivity contribution in [1.82, 2.24) is 15.5 Å². The molecule has 0 aromatic carbocycles. The van der Waals surface area contributed by atoms with Gasteiger partial charge in [0.1, 0.15) is 0 Å². The zero-order valence-corrected chi connectivity index (χ0v) is 17.9. The lowest BCUT2D eigenvalue weighted by molar-refractivity contribution is -0.143. The Morgan fingerprint density at radius 2 is 1.54 bits per heavy atom. The third-order valence-corrected chi connectivity index (χ3v) is 4.34. The highest BCUT2D eigenvalue weighted by Crippen LogP contribution is 2.05. The summed E-state index contributed by atoms with van der Waals surface area (Å²) in [6.45, 7) is 14.2. The molecular weight excluding hydrogens is 328 g/mol. The molecule has 0 heterocycles. The van der Waals surface area contributed by atoms with Crippen LogP contribution in [0.5, 0.6) is 0 Å². The number of esters is 1. The Kier molecular flexibility index (Phi) is 15.1. The normalized spacial score (nSPS) is 12.1. The fraction of sp³-hybridized carbons (Fsp3) is 0.900. The van der Waals surface area contributed by atoms with Crippen LogP contribution in [-0.4, -0.2) is 62.2 Å². The monoisotopic (exact) mass is 370 g/mol. The van der Waals surface area contributed by atoms with Gasteiger partial charge in [-0.2, -0.15) is 0 Å². The highest BCUT2D eigenvalue weighted by atomic mass is 16.5. The molecule has 6 nitrogen and oxygen atoms in total. The second-order valence-electron chi connectivity index (χ2n) is 7.17. The minimum atomic E-state index is -0.0799. The molecule has 0 aromatic heterocycles. The number of nitrogens with one attached hydrogen (secondary N) is 2. The van der Waals surface area contributed by atoms with Crippen molar-refractivity contribution < 1.29 is 9.53 Å². The minimum Gasteiger partial charge on any atom is -0.466 e. The molecule has 0 bridgehead atoms. The Morgan fingerprint density at radius 1 is 0.962 bits per heavy atom. The van der Waals surface area contributed by atoms with E-state index >= 15 is 0 Å². The first kappa shape index (κ1) is 24.7. The van der Waals surface area contributed by atoms with E-state index in [1.165, 1.54) is 0 Å². The SMILES string of the molecule is CCOC(=O)CCCCCCNC(=NC)NCCCN(C(C)C)C(C)C. The topological polar surface area (TPSA) is 66.0 Å². The summed E-state index contributed by atoms with van der Waals surface area (Å²) in [7, 11) is 1.81. The molecule has 26 heavy (non-hydrogen) atoms. The van der Waals surface area contributed by atoms with Gasteiger partial charge in [0.15, 0.2) is 5.96 Å². The summed E-state index contributed by atoms with van der Waals surface area (Å²) in [6, 6.07) is 1.16. The van der Waals surface area contributed by atoms with Crippen LogP contribution in [0.2, 0.25) is 0 Å². The van der Waals surface area contributed by atoms with Gasteiger partial charge in [-0.15, -0.1) is 0 Å². The number of hydrogen-bond acceptors (Lipinski definition) is 4. The predicted molar refractivity (Wildman–Crippen MR) is 111 cm³/mol. The molecule has 0 rings (SSSR count). The van der Waals surface area contributed by atoms with Crippen molar-refractivity contribution in [1.29, 1.82) is 0 Å². The molecule has 0 unspecified atom stereocenters. The van der Waals surface area contributed by atoms with Gasteiger partial charge in [-0.25, -0.2) is 0 Å². The summed E-state index contributed by atoms with van der Waals surface area (Å²) in [4.78, 5) is 18.0. The van der Waals surface area contributed by atoms with Gasteiger partial charge >= 0.3 is 5.97 Å². The number of carbonyl (C=O) groups is 1. The molecule has 0 atom stereocenters. The van der Waals surface area contributed by atoms with Crippen LogP contribution in [0, 0.1) is 0 Å². The van der Waals surface area contributed by atoms with E-state index in [1.807, 2.05) is 14.0 Å². The van der Waals surface area contributed by atoms with E-state index in [0.717, 1.165) is 57.7 Å². The zero-order valence-electron chi connectivity index (χ0n) is 17.9. The molecule has 0 aliphatic rings. The number of ether oxygens (including phenoxy) is 1. The number of rotatable bonds is 14. The first-order valence-corrected chi connectivity index (χ1v) is 10.3. The summed E-state index contributed by atoms with van der Waals surface area (Å²) in [5.41, 5.74) is 0. The van der Waals surface area contributed by atoms with Crippen molar-refractivity contribution in [3.8, 4) is 0 Å². The van der Waals surface area contributed by atoms with Crippen LogP contribution >= 0.6 is 0 Å². The van der Waals surface area contributed by atoms with Crippen LogP contribution in [-0.2, 0) is 9.53 Å². The molecule has 2 N–H and O–H groups in total. The van der Waals surface area contributed by atoms with Crippen molar-refractivity contribution in [2.45, 2.75) is 85.2 Å². The van der Waals surface area contributed by atoms with Gasteiger partial charge in [0.25, 0.3) is 0 Å². The minimum absolute atomic E-state index is 0.0799. The number of guanidine groups is 1. The molecule has 0 aromatic rings. The highest BCUT2D eigenvalue weighted by Gasteiger charge is 2.12. The molecular formula is C20H42N4O2. The second kappa shape index (κ2) is 15.9. The molecule has 0 saturated carbocycles. The van der Waals surface area contributed by atoms with Crippen LogP contribution in [0.15, 0.2) is 4.99 Å². The van der Waals surface area contributed by atoms with E-state index in [2.05, 4.69) is 48.2 Å². The Morgan fingerprint density at radius 3 is 2.08 bits per heavy atom. The molecule has 0 amide bonds. The molecule has 0 saturated heterocycles. The molecule has 0 aliphatic heterocycles. The molecule has 6 heteroatoms. The molecule has 0 spiro atoms. The molecule has 0 fully saturated rings. The van der Waals surface area contributed by atoms with Crippen molar-refractivity contribution in [2.24, 2.45) is 4.99 Å². The van der Waals surface area contributed by atoms with Crippen molar-refractivity contribution in [3.05, 3.63) is 0 Å². The third-order valence-electron chi connectivity index (χ3n) is 4.34. The zero-order chi connectivity index (χ0) is 19.8. The summed E-state index contributed by atoms with van der Waals surface area (Å²) in [5, 5.41) is 6.74. The van der Waals surface area contributed by atoms with Crippen LogP contribution < -0.4 is 10.6 Å². The van der Waals surface area contributed by atoms with E-state index < -0.39 is 0 Å². The number of unbranched alkanes of at least 4 members (excludes halogenated alkanes) is 3. The Balaban J connectivity index is 3.70. The van der Waals surface area contributed by atoms with Crippen LogP contribution in [0.25, 0.3) is 0 Å². The summed E-state index contributed by atoms with van der Waals surface area (Å²) >= 11 is 0. The molecule has 0 aliphatic carbocycles. The van der Waals surface area contributed by atoms with Gasteiger partial charge in [-0.1, -0.05) is 12.8 Å². The fourth-order valence-corrected chi connectivity index (χ4v) is 2.99. The van der Waals surface area contributed by atoms with E-state index in [-0.39, 0.29) is 5.97 Å². The summed E-state index contributed by atoms with van der Waals surface area (Å²) in [6.07, 6.45) is 5.80. The highest BCUT2D eigenvalue weighted by molar-refractivity contribution is 5.79. The van der Waals surface area contributed by atoms with Gasteiger partial charge in [-0.3, -0.25) is 14.7 Å². The first-order valence-electron chi connectivity index (χ1n) is 10.3. The van der Waals surface area contributed by atoms with Crippen LogP contribution in [0.1, 0.15) is 73.1 Å².